The lowest BCUT2D eigenvalue weighted by Gasteiger charge is -2.27. The first kappa shape index (κ1) is 82.0. The summed E-state index contributed by atoms with van der Waals surface area (Å²) in [6, 6.07) is 38.9. The first-order valence-electron chi connectivity index (χ1n) is 36.9. The molecule has 0 aliphatic heterocycles. The molecule has 8 N–H and O–H groups in total. The summed E-state index contributed by atoms with van der Waals surface area (Å²) in [4.78, 5) is 94.7. The van der Waals surface area contributed by atoms with Crippen molar-refractivity contribution in [1.82, 2.24) is 63.5 Å². The van der Waals surface area contributed by atoms with Gasteiger partial charge in [-0.15, -0.1) is 0 Å². The third kappa shape index (κ3) is 18.9. The van der Waals surface area contributed by atoms with Crippen molar-refractivity contribution in [2.45, 2.75) is 24.6 Å². The van der Waals surface area contributed by atoms with Crippen molar-refractivity contribution >= 4 is 129 Å². The highest BCUT2D eigenvalue weighted by atomic mass is 32.2. The number of hydrogen-bond donors (Lipinski definition) is 8. The van der Waals surface area contributed by atoms with Gasteiger partial charge in [0.25, 0.3) is 5.56 Å². The summed E-state index contributed by atoms with van der Waals surface area (Å²) in [6.45, 7) is 15.4. The molecule has 0 aliphatic carbocycles. The van der Waals surface area contributed by atoms with Crippen LogP contribution in [0.1, 0.15) is 17.0 Å². The van der Waals surface area contributed by atoms with Crippen LogP contribution in [0.15, 0.2) is 194 Å². The number of fused-ring (bicyclic) bond motifs is 3. The van der Waals surface area contributed by atoms with Gasteiger partial charge in [-0.3, -0.25) is 38.6 Å². The van der Waals surface area contributed by atoms with Gasteiger partial charge in [-0.2, -0.15) is 15.0 Å². The molecule has 0 fully saturated rings. The van der Waals surface area contributed by atoms with E-state index in [2.05, 4.69) is 76.4 Å². The molecule has 0 spiro atoms. The standard InChI is InChI=1S/C83H95N23O9S/c1-16-77(107)88-58-41-61(91-81-85-32-31-74(94-81)106-66-30-24-21-27-57(66)80(110)97-106)70(113-12)45-68(58)102(9)37-34-99(6)48-53-39-75(104-47-52(51-112-11)55-25-19-22-28-64(55)104)95-82(86-53)92-63-43-60(90-79(109)18-3)69(46-72(63)115-14)103(10)38-35-100(7)49-54-40-76(105-50-73(116(15,84)111)56-26-20-23-29-65(56)105)96-83(87-54)93-62-42-59(89-78(108)17-2)67(44-71(62)114-13)101(8)36-33-98(4)5/h16-32,39-47,50,84H,1-3,33-38,48-49,51H2,4-15H3,(H,88,107)(H,89,108)(H,90,109)(H,97,110)(H,85,91,94)(H,86,92,95)(H,87,93,96). The zero-order valence-electron chi connectivity index (χ0n) is 66.9. The van der Waals surface area contributed by atoms with Crippen molar-refractivity contribution < 1.29 is 37.5 Å². The number of methoxy groups -OCH3 is 4. The number of amides is 3. The summed E-state index contributed by atoms with van der Waals surface area (Å²) >= 11 is 0. The maximum Gasteiger partial charge on any atom is 0.272 e. The predicted octanol–water partition coefficient (Wildman–Crippen LogP) is 11.5. The first-order chi connectivity index (χ1) is 55.8. The summed E-state index contributed by atoms with van der Waals surface area (Å²) in [5, 5.41) is 24.1. The van der Waals surface area contributed by atoms with Crippen LogP contribution in [-0.4, -0.2) is 209 Å². The van der Waals surface area contributed by atoms with Crippen molar-refractivity contribution in [3.8, 4) is 34.7 Å². The maximum atomic E-state index is 13.6. The number of ether oxygens (including phenoxy) is 4. The van der Waals surface area contributed by atoms with Crippen LogP contribution in [0.3, 0.4) is 0 Å². The summed E-state index contributed by atoms with van der Waals surface area (Å²) in [5.41, 5.74) is 8.81. The summed E-state index contributed by atoms with van der Waals surface area (Å²) in [7, 11) is 16.8. The molecule has 12 rings (SSSR count). The average Bonchev–Trinajstić information content (AvgIpc) is 1.59. The Morgan fingerprint density at radius 1 is 0.500 bits per heavy atom. The van der Waals surface area contributed by atoms with Crippen LogP contribution < -0.4 is 66.4 Å². The number of rotatable bonds is 37. The highest BCUT2D eigenvalue weighted by Gasteiger charge is 2.25. The topological polar surface area (TPSA) is 346 Å². The van der Waals surface area contributed by atoms with Gasteiger partial charge in [0.05, 0.1) is 127 Å². The molecule has 0 saturated carbocycles. The molecule has 0 bridgehead atoms. The van der Waals surface area contributed by atoms with Gasteiger partial charge >= 0.3 is 0 Å². The first-order valence-corrected chi connectivity index (χ1v) is 38.9. The molecule has 0 aliphatic rings. The number of para-hydroxylation sites is 3. The molecular weight excluding hydrogens is 1500 g/mol. The minimum atomic E-state index is -3.20. The summed E-state index contributed by atoms with van der Waals surface area (Å²) in [6.07, 6.45) is 10.3. The largest absolute Gasteiger partial charge is 0.494 e. The Hall–Kier alpha value is -13.5. The molecule has 3 amide bonds. The highest BCUT2D eigenvalue weighted by molar-refractivity contribution is 7.92. The second kappa shape index (κ2) is 36.1. The van der Waals surface area contributed by atoms with E-state index in [1.165, 1.54) is 24.5 Å². The van der Waals surface area contributed by atoms with E-state index in [-0.39, 0.29) is 23.4 Å². The number of nitrogens with zero attached hydrogens (tertiary/aromatic N) is 15. The molecule has 6 aromatic carbocycles. The van der Waals surface area contributed by atoms with Crippen LogP contribution in [0.5, 0.6) is 17.2 Å². The van der Waals surface area contributed by atoms with Crippen molar-refractivity contribution in [3.63, 3.8) is 0 Å². The van der Waals surface area contributed by atoms with E-state index in [9.17, 15) is 23.4 Å². The molecule has 12 aromatic rings. The minimum absolute atomic E-state index is 0.182. The van der Waals surface area contributed by atoms with Gasteiger partial charge < -0.3 is 75.0 Å². The van der Waals surface area contributed by atoms with Crippen molar-refractivity contribution in [3.05, 3.63) is 211 Å². The van der Waals surface area contributed by atoms with Gasteiger partial charge in [-0.1, -0.05) is 68.3 Å². The van der Waals surface area contributed by atoms with Crippen molar-refractivity contribution in [2.75, 3.05) is 170 Å². The lowest BCUT2D eigenvalue weighted by Crippen LogP contribution is -2.31. The van der Waals surface area contributed by atoms with Crippen LogP contribution >= 0.6 is 0 Å². The van der Waals surface area contributed by atoms with Crippen LogP contribution in [0.25, 0.3) is 50.2 Å². The number of likely N-dealkylation sites (N-methyl/N-ethyl adjacent to an activating group) is 6. The predicted molar refractivity (Wildman–Crippen MR) is 459 cm³/mol. The fraction of sp³-hybridized carbons (Fsp3) is 0.253. The second-order valence-corrected chi connectivity index (χ2v) is 30.1. The van der Waals surface area contributed by atoms with E-state index < -0.39 is 27.5 Å². The van der Waals surface area contributed by atoms with E-state index in [1.807, 2.05) is 170 Å². The molecule has 602 valence electrons. The summed E-state index contributed by atoms with van der Waals surface area (Å²) in [5.74, 6) is 1.98. The average molecular weight is 1590 g/mol. The Morgan fingerprint density at radius 2 is 0.914 bits per heavy atom. The van der Waals surface area contributed by atoms with Crippen molar-refractivity contribution in [2.24, 2.45) is 0 Å². The summed E-state index contributed by atoms with van der Waals surface area (Å²) < 4.78 is 51.5. The molecule has 32 nitrogen and oxygen atoms in total. The fourth-order valence-electron chi connectivity index (χ4n) is 13.4. The molecular formula is C83H95N23O9S. The number of anilines is 12. The van der Waals surface area contributed by atoms with Crippen LogP contribution in [-0.2, 0) is 48.5 Å². The van der Waals surface area contributed by atoms with Crippen LogP contribution in [0.4, 0.5) is 69.0 Å². The van der Waals surface area contributed by atoms with E-state index in [0.717, 1.165) is 23.0 Å². The number of benzene rings is 6. The number of aromatic nitrogens is 10. The Labute approximate surface area is 672 Å². The van der Waals surface area contributed by atoms with E-state index in [4.69, 9.17) is 48.6 Å². The van der Waals surface area contributed by atoms with Gasteiger partial charge in [0.2, 0.25) is 35.6 Å². The Balaban J connectivity index is 0.813. The van der Waals surface area contributed by atoms with Gasteiger partial charge in [0.15, 0.2) is 5.82 Å². The van der Waals surface area contributed by atoms with E-state index in [0.29, 0.717) is 176 Å². The molecule has 6 heterocycles. The smallest absolute Gasteiger partial charge is 0.272 e. The monoisotopic (exact) mass is 1590 g/mol. The Bertz CT molecular complexity index is 5880. The van der Waals surface area contributed by atoms with Crippen LogP contribution in [0.2, 0.25) is 0 Å². The lowest BCUT2D eigenvalue weighted by atomic mass is 10.2. The third-order valence-electron chi connectivity index (χ3n) is 19.3. The minimum Gasteiger partial charge on any atom is -0.494 e. The van der Waals surface area contributed by atoms with E-state index >= 15 is 0 Å². The molecule has 33 heteroatoms. The zero-order valence-corrected chi connectivity index (χ0v) is 67.7. The number of carbonyl (C=O) groups excluding carboxylic acids is 3. The quantitative estimate of drug-likeness (QED) is 0.0168. The van der Waals surface area contributed by atoms with Gasteiger partial charge in [0.1, 0.15) is 28.9 Å². The molecule has 1 unspecified atom stereocenters. The number of nitrogens with one attached hydrogen (secondary N) is 8. The number of aromatic amines is 1. The second-order valence-electron chi connectivity index (χ2n) is 28.0. The van der Waals surface area contributed by atoms with Gasteiger partial charge in [-0.05, 0) is 88.9 Å². The SMILES string of the molecule is C=CC(=O)Nc1cc(Nc2nc(CN(C)CCN(C)c3cc(OC)c(Nc4nc(CN(C)CCN(C)c5cc(OC)c(Nc6nccc(-n7[nH]c(=O)c8ccccc87)n6)cc5NC(=O)C=C)cc(-n5cc(COC)c6ccccc65)n4)cc3NC(=O)C=C)cc(-n3cc(S(C)(=N)=O)c4ccccc43)n2)c(OC)cc1N(C)CCN(C)C. The number of carbonyl (C=O) groups is 3. The van der Waals surface area contributed by atoms with Crippen LogP contribution in [0, 0.1) is 4.78 Å². The molecule has 0 radical (unpaired) electrons. The number of H-pyrrole nitrogens is 1. The maximum absolute atomic E-state index is 13.6. The van der Waals surface area contributed by atoms with Crippen molar-refractivity contribution in [1.29, 1.82) is 4.78 Å². The Kier molecular flexibility index (Phi) is 25.5. The molecule has 0 saturated heterocycles. The van der Waals surface area contributed by atoms with Gasteiger partial charge in [-0.25, -0.2) is 28.6 Å². The molecule has 6 aromatic heterocycles. The lowest BCUT2D eigenvalue weighted by molar-refractivity contribution is -0.112. The van der Waals surface area contributed by atoms with E-state index in [1.54, 1.807) is 81.9 Å². The third-order valence-corrected chi connectivity index (χ3v) is 20.5. The Morgan fingerprint density at radius 3 is 1.36 bits per heavy atom. The normalized spacial score (nSPS) is 11.9. The molecule has 116 heavy (non-hydrogen) atoms. The highest BCUT2D eigenvalue weighted by Crippen LogP contribution is 2.42. The molecule has 1 atom stereocenters. The number of hydrogen-bond acceptors (Lipinski definition) is 25. The fourth-order valence-corrected chi connectivity index (χ4v) is 14.3. The zero-order chi connectivity index (χ0) is 82.6. The van der Waals surface area contributed by atoms with Gasteiger partial charge in [0, 0.05) is 158 Å².